The van der Waals surface area contributed by atoms with Crippen molar-refractivity contribution in [2.24, 2.45) is 17.8 Å². The molecule has 0 bridgehead atoms. The summed E-state index contributed by atoms with van der Waals surface area (Å²) in [4.78, 5) is 54.3. The van der Waals surface area contributed by atoms with Crippen molar-refractivity contribution < 1.29 is 24.0 Å². The van der Waals surface area contributed by atoms with Gasteiger partial charge in [-0.3, -0.25) is 24.0 Å². The zero-order valence-electron chi connectivity index (χ0n) is 37.4. The first-order chi connectivity index (χ1) is 26.0. The summed E-state index contributed by atoms with van der Waals surface area (Å²) < 4.78 is 0. The molecule has 1 atom stereocenters. The zero-order valence-corrected chi connectivity index (χ0v) is 38.3. The third-order valence-electron chi connectivity index (χ3n) is 7.99. The number of piperidine rings is 1. The van der Waals surface area contributed by atoms with Crippen LogP contribution in [0.1, 0.15) is 196 Å². The Morgan fingerprint density at radius 2 is 0.982 bits per heavy atom. The number of rotatable bonds is 5. The topological polar surface area (TPSA) is 97.4 Å². The van der Waals surface area contributed by atoms with Crippen molar-refractivity contribution in [1.29, 1.82) is 0 Å². The van der Waals surface area contributed by atoms with E-state index in [2.05, 4.69) is 17.5 Å². The van der Waals surface area contributed by atoms with Crippen molar-refractivity contribution >= 4 is 40.3 Å². The van der Waals surface area contributed by atoms with Gasteiger partial charge in [0.25, 0.3) is 0 Å². The van der Waals surface area contributed by atoms with Crippen LogP contribution in [0.3, 0.4) is 0 Å². The van der Waals surface area contributed by atoms with Gasteiger partial charge in [0.2, 0.25) is 0 Å². The van der Waals surface area contributed by atoms with Crippen molar-refractivity contribution in [1.82, 2.24) is 5.32 Å². The molecule has 2 heterocycles. The molecule has 1 aromatic carbocycles. The van der Waals surface area contributed by atoms with E-state index >= 15 is 0 Å². The van der Waals surface area contributed by atoms with E-state index in [0.29, 0.717) is 35.1 Å². The Kier molecular flexibility index (Phi) is 56.9. The molecule has 5 rings (SSSR count). The Labute approximate surface area is 345 Å². The summed E-state index contributed by atoms with van der Waals surface area (Å²) in [6, 6.07) is 12.9. The first-order valence-corrected chi connectivity index (χ1v) is 21.9. The number of carbonyl (C=O) groups is 5. The summed E-state index contributed by atoms with van der Waals surface area (Å²) in [5.74, 6) is 2.47. The molecule has 0 radical (unpaired) electrons. The molecular formula is C48H87NO5S. The van der Waals surface area contributed by atoms with Gasteiger partial charge in [0.1, 0.15) is 17.3 Å². The predicted molar refractivity (Wildman–Crippen MR) is 245 cm³/mol. The standard InChI is InChI=1S/C8H14O.C8H12O.C8H8O.C7H13NO.C6H6OS.5C2H6.CH4/c3*1-7(9)8-5-3-2-4-6-8;1-6(9)7-2-4-8-5-3-7;1-5(7)6-3-2-4-8-6;5*1-2;/h8H,2-6H2,1H3;2-3,8H,4-6H2,1H3;2-6H,1H3;7-8H,2-5H2,1H3;2-4H,1H3;5*1-2H3;1H4. The molecule has 1 unspecified atom stereocenters. The van der Waals surface area contributed by atoms with E-state index in [-0.39, 0.29) is 19.0 Å². The SMILES string of the molecule is C.CC.CC.CC.CC.CC.CC(=O)C1CC=CCC1.CC(=O)C1CCCCC1.CC(=O)C1CCNCC1.CC(=O)c1ccccc1.CC(=O)c1cccs1. The van der Waals surface area contributed by atoms with Gasteiger partial charge in [-0.05, 0) is 104 Å². The summed E-state index contributed by atoms with van der Waals surface area (Å²) >= 11 is 1.48. The fraction of sp³-hybridized carbons (Fsp3) is 0.646. The van der Waals surface area contributed by atoms with Gasteiger partial charge in [-0.1, -0.05) is 144 Å². The predicted octanol–water partition coefficient (Wildman–Crippen LogP) is 14.3. The lowest BCUT2D eigenvalue weighted by Crippen LogP contribution is -2.30. The van der Waals surface area contributed by atoms with Crippen LogP contribution in [0.4, 0.5) is 0 Å². The Bertz CT molecular complexity index is 1120. The van der Waals surface area contributed by atoms with E-state index in [1.807, 2.05) is 117 Å². The van der Waals surface area contributed by atoms with Crippen molar-refractivity contribution in [2.45, 2.75) is 175 Å². The summed E-state index contributed by atoms with van der Waals surface area (Å²) in [5.41, 5.74) is 0.775. The normalized spacial score (nSPS) is 14.8. The van der Waals surface area contributed by atoms with Gasteiger partial charge in [-0.2, -0.15) is 0 Å². The van der Waals surface area contributed by atoms with Crippen molar-refractivity contribution in [3.63, 3.8) is 0 Å². The molecule has 1 aliphatic heterocycles. The van der Waals surface area contributed by atoms with Gasteiger partial charge in [0, 0.05) is 23.3 Å². The van der Waals surface area contributed by atoms with Gasteiger partial charge in [0.05, 0.1) is 4.88 Å². The van der Waals surface area contributed by atoms with Crippen LogP contribution in [0.2, 0.25) is 0 Å². The summed E-state index contributed by atoms with van der Waals surface area (Å²) in [5, 5.41) is 5.12. The number of allylic oxidation sites excluding steroid dienone is 2. The number of benzene rings is 1. The number of nitrogens with one attached hydrogen (secondary N) is 1. The van der Waals surface area contributed by atoms with E-state index in [1.165, 1.54) is 30.6 Å². The molecule has 1 N–H and O–H groups in total. The molecule has 7 heteroatoms. The number of thiophene rings is 1. The second-order valence-electron chi connectivity index (χ2n) is 11.6. The number of carbonyl (C=O) groups excluding carboxylic acids is 5. The Morgan fingerprint density at radius 1 is 0.527 bits per heavy atom. The molecule has 1 aromatic heterocycles. The maximum absolute atomic E-state index is 10.8. The van der Waals surface area contributed by atoms with Crippen LogP contribution < -0.4 is 5.32 Å². The second kappa shape index (κ2) is 49.0. The average Bonchev–Trinajstić information content (AvgIpc) is 3.80. The van der Waals surface area contributed by atoms with Crippen LogP contribution in [-0.4, -0.2) is 42.0 Å². The Balaban J connectivity index is -0.000000128. The molecule has 6 nitrogen and oxygen atoms in total. The number of hydrogen-bond acceptors (Lipinski definition) is 7. The average molecular weight is 790 g/mol. The largest absolute Gasteiger partial charge is 0.317 e. The monoisotopic (exact) mass is 790 g/mol. The molecule has 0 amide bonds. The lowest BCUT2D eigenvalue weighted by molar-refractivity contribution is -0.122. The molecule has 1 saturated heterocycles. The van der Waals surface area contributed by atoms with Crippen LogP contribution >= 0.6 is 11.3 Å². The zero-order chi connectivity index (χ0) is 42.7. The molecular weight excluding hydrogens is 703 g/mol. The van der Waals surface area contributed by atoms with Crippen LogP contribution in [0, 0.1) is 17.8 Å². The lowest BCUT2D eigenvalue weighted by atomic mass is 9.87. The van der Waals surface area contributed by atoms with Crippen molar-refractivity contribution in [2.75, 3.05) is 13.1 Å². The van der Waals surface area contributed by atoms with E-state index < -0.39 is 0 Å². The summed E-state index contributed by atoms with van der Waals surface area (Å²) in [6.07, 6.45) is 15.6. The van der Waals surface area contributed by atoms with E-state index in [1.54, 1.807) is 34.6 Å². The van der Waals surface area contributed by atoms with Gasteiger partial charge >= 0.3 is 0 Å². The molecule has 3 aliphatic rings. The van der Waals surface area contributed by atoms with Crippen LogP contribution in [0.25, 0.3) is 0 Å². The highest BCUT2D eigenvalue weighted by Crippen LogP contribution is 2.23. The fourth-order valence-corrected chi connectivity index (χ4v) is 5.68. The van der Waals surface area contributed by atoms with Crippen LogP contribution in [0.5, 0.6) is 0 Å². The van der Waals surface area contributed by atoms with Gasteiger partial charge in [0.15, 0.2) is 11.6 Å². The van der Waals surface area contributed by atoms with E-state index in [4.69, 9.17) is 0 Å². The minimum absolute atomic E-state index is 0. The van der Waals surface area contributed by atoms with Crippen molar-refractivity contribution in [3.8, 4) is 0 Å². The summed E-state index contributed by atoms with van der Waals surface area (Å²) in [7, 11) is 0. The van der Waals surface area contributed by atoms with Gasteiger partial charge in [-0.25, -0.2) is 0 Å². The third kappa shape index (κ3) is 39.0. The van der Waals surface area contributed by atoms with Crippen molar-refractivity contribution in [3.05, 3.63) is 70.4 Å². The maximum Gasteiger partial charge on any atom is 0.169 e. The fourth-order valence-electron chi connectivity index (χ4n) is 5.05. The lowest BCUT2D eigenvalue weighted by Gasteiger charge is -2.19. The van der Waals surface area contributed by atoms with E-state index in [0.717, 1.165) is 68.5 Å². The number of hydrogen-bond donors (Lipinski definition) is 1. The molecule has 2 fully saturated rings. The number of Topliss-reactive ketones (excluding diaryl/α,β-unsaturated/α-hetero) is 5. The smallest absolute Gasteiger partial charge is 0.169 e. The third-order valence-corrected chi connectivity index (χ3v) is 8.96. The molecule has 2 aromatic rings. The molecule has 320 valence electrons. The molecule has 1 saturated carbocycles. The molecule has 2 aliphatic carbocycles. The minimum Gasteiger partial charge on any atom is -0.317 e. The number of ketones is 5. The van der Waals surface area contributed by atoms with Gasteiger partial charge < -0.3 is 5.32 Å². The van der Waals surface area contributed by atoms with E-state index in [9.17, 15) is 24.0 Å². The maximum atomic E-state index is 10.8. The highest BCUT2D eigenvalue weighted by Gasteiger charge is 2.17. The molecule has 55 heavy (non-hydrogen) atoms. The van der Waals surface area contributed by atoms with Crippen LogP contribution in [0.15, 0.2) is 60.0 Å². The van der Waals surface area contributed by atoms with Crippen LogP contribution in [-0.2, 0) is 14.4 Å². The Morgan fingerprint density at radius 3 is 1.24 bits per heavy atom. The highest BCUT2D eigenvalue weighted by atomic mass is 32.1. The second-order valence-corrected chi connectivity index (χ2v) is 12.6. The first-order valence-electron chi connectivity index (χ1n) is 21.0. The quantitative estimate of drug-likeness (QED) is 0.239. The first kappa shape index (κ1) is 63.9. The van der Waals surface area contributed by atoms with Gasteiger partial charge in [-0.15, -0.1) is 11.3 Å². The molecule has 0 spiro atoms. The highest BCUT2D eigenvalue weighted by molar-refractivity contribution is 7.12. The summed E-state index contributed by atoms with van der Waals surface area (Å²) in [6.45, 7) is 30.3. The minimum atomic E-state index is 0. The Hall–Kier alpha value is -3.03.